The Hall–Kier alpha value is -1.83. The minimum Gasteiger partial charge on any atom is -0.488 e. The summed E-state index contributed by atoms with van der Waals surface area (Å²) in [6.45, 7) is 1.95. The average molecular weight is 341 g/mol. The number of hydrogen-bond acceptors (Lipinski definition) is 4. The first kappa shape index (κ1) is 15.7. The molecule has 5 nitrogen and oxygen atoms in total. The number of pyridine rings is 1. The number of ether oxygens (including phenoxy) is 1. The van der Waals surface area contributed by atoms with Crippen molar-refractivity contribution in [3.05, 3.63) is 24.0 Å². The molecule has 1 atom stereocenters. The Bertz CT molecular complexity index is 642. The topological polar surface area (TPSA) is 45.7 Å². The molecule has 4 rings (SSSR count). The fraction of sp³-hybridized carbons (Fsp3) is 0.625. The van der Waals surface area contributed by atoms with Crippen LogP contribution in [0.25, 0.3) is 0 Å². The lowest BCUT2D eigenvalue weighted by Crippen LogP contribution is -2.59. The summed E-state index contributed by atoms with van der Waals surface area (Å²) in [7, 11) is 0. The average Bonchev–Trinajstić information content (AvgIpc) is 3.26. The molecule has 1 aromatic rings. The van der Waals surface area contributed by atoms with Crippen molar-refractivity contribution in [1.82, 2.24) is 14.8 Å². The van der Waals surface area contributed by atoms with Gasteiger partial charge in [-0.3, -0.25) is 14.7 Å². The maximum absolute atomic E-state index is 12.6. The van der Waals surface area contributed by atoms with Gasteiger partial charge >= 0.3 is 6.18 Å². The maximum atomic E-state index is 12.6. The molecule has 1 saturated carbocycles. The Balaban J connectivity index is 1.31. The number of carbonyl (C=O) groups is 1. The normalized spacial score (nSPS) is 25.9. The first-order chi connectivity index (χ1) is 11.4. The number of amides is 1. The molecule has 1 amide bonds. The Morgan fingerprint density at radius 3 is 2.62 bits per heavy atom. The highest BCUT2D eigenvalue weighted by atomic mass is 19.4. The van der Waals surface area contributed by atoms with Gasteiger partial charge in [-0.15, -0.1) is 0 Å². The molecule has 3 fully saturated rings. The van der Waals surface area contributed by atoms with E-state index in [-0.39, 0.29) is 23.8 Å². The highest BCUT2D eigenvalue weighted by Gasteiger charge is 2.46. The molecule has 1 aromatic heterocycles. The van der Waals surface area contributed by atoms with Gasteiger partial charge in [0.2, 0.25) is 5.91 Å². The second kappa shape index (κ2) is 5.61. The van der Waals surface area contributed by atoms with E-state index in [0.29, 0.717) is 19.1 Å². The molecule has 0 aromatic carbocycles. The minimum absolute atomic E-state index is 0.0892. The fourth-order valence-corrected chi connectivity index (χ4v) is 3.40. The van der Waals surface area contributed by atoms with Crippen molar-refractivity contribution in [2.24, 2.45) is 0 Å². The molecular weight excluding hydrogens is 323 g/mol. The van der Waals surface area contributed by atoms with Crippen LogP contribution in [-0.2, 0) is 11.0 Å². The monoisotopic (exact) mass is 341 g/mol. The van der Waals surface area contributed by atoms with Crippen molar-refractivity contribution >= 4 is 5.91 Å². The Kier molecular flexibility index (Phi) is 3.67. The lowest BCUT2D eigenvalue weighted by atomic mass is 10.1. The number of rotatable bonds is 4. The van der Waals surface area contributed by atoms with Crippen LogP contribution in [0.4, 0.5) is 13.2 Å². The molecule has 8 heteroatoms. The third-order valence-electron chi connectivity index (χ3n) is 4.84. The predicted molar refractivity (Wildman–Crippen MR) is 78.4 cm³/mol. The summed E-state index contributed by atoms with van der Waals surface area (Å²) < 4.78 is 43.5. The summed E-state index contributed by atoms with van der Waals surface area (Å²) >= 11 is 0. The van der Waals surface area contributed by atoms with E-state index in [0.717, 1.165) is 38.1 Å². The van der Waals surface area contributed by atoms with E-state index in [9.17, 15) is 18.0 Å². The van der Waals surface area contributed by atoms with Crippen molar-refractivity contribution in [3.63, 3.8) is 0 Å². The molecule has 0 N–H and O–H groups in total. The van der Waals surface area contributed by atoms with Gasteiger partial charge in [0.25, 0.3) is 0 Å². The number of likely N-dealkylation sites (tertiary alicyclic amines) is 2. The second-order valence-electron chi connectivity index (χ2n) is 6.64. The van der Waals surface area contributed by atoms with E-state index >= 15 is 0 Å². The van der Waals surface area contributed by atoms with Gasteiger partial charge in [-0.25, -0.2) is 0 Å². The van der Waals surface area contributed by atoms with E-state index in [1.807, 2.05) is 4.90 Å². The van der Waals surface area contributed by atoms with Crippen LogP contribution in [0.3, 0.4) is 0 Å². The SMILES string of the molecule is O=C1C(N2CC(Oc3ccnc(C(F)(F)F)c3)C2)CCN1C1CC1. The molecule has 3 heterocycles. The number of alkyl halides is 3. The van der Waals surface area contributed by atoms with Crippen LogP contribution in [-0.4, -0.2) is 58.5 Å². The number of halogens is 3. The lowest BCUT2D eigenvalue weighted by molar-refractivity contribution is -0.141. The van der Waals surface area contributed by atoms with Crippen molar-refractivity contribution in [1.29, 1.82) is 0 Å². The highest BCUT2D eigenvalue weighted by Crippen LogP contribution is 2.34. The van der Waals surface area contributed by atoms with E-state index in [1.54, 1.807) is 0 Å². The molecule has 2 aliphatic heterocycles. The molecule has 0 radical (unpaired) electrons. The summed E-state index contributed by atoms with van der Waals surface area (Å²) in [6, 6.07) is 2.69. The highest BCUT2D eigenvalue weighted by molar-refractivity contribution is 5.84. The number of nitrogens with zero attached hydrogens (tertiary/aromatic N) is 3. The molecule has 2 saturated heterocycles. The van der Waals surface area contributed by atoms with E-state index in [1.165, 1.54) is 6.07 Å². The Morgan fingerprint density at radius 2 is 1.96 bits per heavy atom. The quantitative estimate of drug-likeness (QED) is 0.840. The smallest absolute Gasteiger partial charge is 0.433 e. The van der Waals surface area contributed by atoms with Gasteiger partial charge in [-0.05, 0) is 25.3 Å². The number of carbonyl (C=O) groups excluding carboxylic acids is 1. The largest absolute Gasteiger partial charge is 0.488 e. The van der Waals surface area contributed by atoms with Crippen LogP contribution < -0.4 is 4.74 Å². The standard InChI is InChI=1S/C16H18F3N3O2/c17-16(18,19)14-7-11(3-5-20-14)24-12-8-21(9-12)13-4-6-22(15(13)23)10-1-2-10/h3,5,7,10,12-13H,1-2,4,6,8-9H2. The molecule has 130 valence electrons. The summed E-state index contributed by atoms with van der Waals surface area (Å²) in [6.07, 6.45) is -0.524. The first-order valence-corrected chi connectivity index (χ1v) is 8.16. The van der Waals surface area contributed by atoms with Gasteiger partial charge in [-0.1, -0.05) is 0 Å². The molecule has 1 unspecified atom stereocenters. The van der Waals surface area contributed by atoms with E-state index < -0.39 is 11.9 Å². The van der Waals surface area contributed by atoms with Crippen molar-refractivity contribution < 1.29 is 22.7 Å². The van der Waals surface area contributed by atoms with E-state index in [4.69, 9.17) is 4.74 Å². The summed E-state index contributed by atoms with van der Waals surface area (Å²) in [5.74, 6) is 0.360. The maximum Gasteiger partial charge on any atom is 0.433 e. The van der Waals surface area contributed by atoms with Crippen LogP contribution in [0.15, 0.2) is 18.3 Å². The van der Waals surface area contributed by atoms with Crippen molar-refractivity contribution in [3.8, 4) is 5.75 Å². The molecule has 3 aliphatic rings. The number of aromatic nitrogens is 1. The zero-order valence-corrected chi connectivity index (χ0v) is 13.0. The zero-order valence-electron chi connectivity index (χ0n) is 13.0. The van der Waals surface area contributed by atoms with Gasteiger partial charge < -0.3 is 9.64 Å². The Labute approximate surface area is 137 Å². The molecule has 1 aliphatic carbocycles. The fourth-order valence-electron chi connectivity index (χ4n) is 3.40. The van der Waals surface area contributed by atoms with Crippen LogP contribution in [0.2, 0.25) is 0 Å². The van der Waals surface area contributed by atoms with Crippen LogP contribution in [0.1, 0.15) is 25.0 Å². The molecular formula is C16H18F3N3O2. The van der Waals surface area contributed by atoms with E-state index in [2.05, 4.69) is 9.88 Å². The Morgan fingerprint density at radius 1 is 1.21 bits per heavy atom. The number of hydrogen-bond donors (Lipinski definition) is 0. The van der Waals surface area contributed by atoms with Gasteiger partial charge in [0, 0.05) is 37.9 Å². The third-order valence-corrected chi connectivity index (χ3v) is 4.84. The summed E-state index contributed by atoms with van der Waals surface area (Å²) in [5.41, 5.74) is -0.956. The van der Waals surface area contributed by atoms with Crippen molar-refractivity contribution in [2.75, 3.05) is 19.6 Å². The van der Waals surface area contributed by atoms with Gasteiger partial charge in [-0.2, -0.15) is 13.2 Å². The summed E-state index contributed by atoms with van der Waals surface area (Å²) in [4.78, 5) is 19.7. The zero-order chi connectivity index (χ0) is 16.9. The predicted octanol–water partition coefficient (Wildman–Crippen LogP) is 1.93. The first-order valence-electron chi connectivity index (χ1n) is 8.16. The molecule has 24 heavy (non-hydrogen) atoms. The van der Waals surface area contributed by atoms with Crippen LogP contribution in [0, 0.1) is 0 Å². The van der Waals surface area contributed by atoms with Crippen molar-refractivity contribution in [2.45, 2.75) is 43.6 Å². The van der Waals surface area contributed by atoms with Gasteiger partial charge in [0.15, 0.2) is 0 Å². The second-order valence-corrected chi connectivity index (χ2v) is 6.64. The van der Waals surface area contributed by atoms with Gasteiger partial charge in [0.1, 0.15) is 17.5 Å². The molecule has 0 spiro atoms. The van der Waals surface area contributed by atoms with Crippen LogP contribution >= 0.6 is 0 Å². The third kappa shape index (κ3) is 2.94. The molecule has 0 bridgehead atoms. The van der Waals surface area contributed by atoms with Gasteiger partial charge in [0.05, 0.1) is 6.04 Å². The van der Waals surface area contributed by atoms with Crippen LogP contribution in [0.5, 0.6) is 5.75 Å². The lowest BCUT2D eigenvalue weighted by Gasteiger charge is -2.41. The minimum atomic E-state index is -4.48. The summed E-state index contributed by atoms with van der Waals surface area (Å²) in [5, 5.41) is 0.